The normalized spacial score (nSPS) is 33.0. The summed E-state index contributed by atoms with van der Waals surface area (Å²) >= 11 is 0. The predicted molar refractivity (Wildman–Crippen MR) is 30.3 cm³/mol. The first kappa shape index (κ1) is 6.32. The summed E-state index contributed by atoms with van der Waals surface area (Å²) in [6.45, 7) is 1.96. The van der Waals surface area contributed by atoms with Crippen molar-refractivity contribution in [3.8, 4) is 0 Å². The van der Waals surface area contributed by atoms with Gasteiger partial charge in [0.2, 0.25) is 0 Å². The molecule has 0 amide bonds. The first-order valence-corrected chi connectivity index (χ1v) is 3.01. The molecule has 0 bridgehead atoms. The zero-order chi connectivity index (χ0) is 6.85. The standard InChI is InChI=1S/C5H9NO3/c1-4-2-3-5(4)9-6(7)8/h4-5H,2-3H2,1H3. The van der Waals surface area contributed by atoms with Gasteiger partial charge in [-0.3, -0.25) is 0 Å². The summed E-state index contributed by atoms with van der Waals surface area (Å²) in [7, 11) is 0. The summed E-state index contributed by atoms with van der Waals surface area (Å²) in [5.41, 5.74) is 0. The van der Waals surface area contributed by atoms with E-state index in [9.17, 15) is 10.1 Å². The smallest absolute Gasteiger partial charge is 0.294 e. The maximum atomic E-state index is 9.73. The maximum Gasteiger partial charge on any atom is 0.294 e. The molecule has 0 spiro atoms. The molecule has 0 saturated heterocycles. The number of rotatable bonds is 2. The molecule has 0 N–H and O–H groups in total. The Kier molecular flexibility index (Phi) is 1.55. The van der Waals surface area contributed by atoms with Gasteiger partial charge in [-0.05, 0) is 18.8 Å². The summed E-state index contributed by atoms with van der Waals surface area (Å²) < 4.78 is 0. The predicted octanol–water partition coefficient (Wildman–Crippen LogP) is 0.993. The second-order valence-electron chi connectivity index (χ2n) is 2.42. The maximum absolute atomic E-state index is 9.73. The van der Waals surface area contributed by atoms with Gasteiger partial charge < -0.3 is 4.84 Å². The van der Waals surface area contributed by atoms with Crippen molar-refractivity contribution in [2.45, 2.75) is 25.9 Å². The molecule has 1 aliphatic carbocycles. The third-order valence-corrected chi connectivity index (χ3v) is 1.76. The lowest BCUT2D eigenvalue weighted by atomic mass is 9.84. The summed E-state index contributed by atoms with van der Waals surface area (Å²) in [5.74, 6) is 0.371. The highest BCUT2D eigenvalue weighted by Gasteiger charge is 2.29. The van der Waals surface area contributed by atoms with Crippen LogP contribution < -0.4 is 0 Å². The van der Waals surface area contributed by atoms with Gasteiger partial charge in [0.1, 0.15) is 6.10 Å². The van der Waals surface area contributed by atoms with Crippen LogP contribution in [0.5, 0.6) is 0 Å². The summed E-state index contributed by atoms with van der Waals surface area (Å²) in [6, 6.07) is 0. The van der Waals surface area contributed by atoms with Crippen molar-refractivity contribution >= 4 is 0 Å². The van der Waals surface area contributed by atoms with Gasteiger partial charge in [-0.25, -0.2) is 0 Å². The van der Waals surface area contributed by atoms with Crippen LogP contribution in [0.15, 0.2) is 0 Å². The fourth-order valence-electron chi connectivity index (χ4n) is 0.903. The molecular formula is C5H9NO3. The van der Waals surface area contributed by atoms with E-state index in [1.165, 1.54) is 0 Å². The molecule has 1 rings (SSSR count). The van der Waals surface area contributed by atoms with E-state index in [2.05, 4.69) is 4.84 Å². The van der Waals surface area contributed by atoms with Crippen molar-refractivity contribution < 1.29 is 9.92 Å². The number of nitrogens with zero attached hydrogens (tertiary/aromatic N) is 1. The molecule has 1 saturated carbocycles. The van der Waals surface area contributed by atoms with E-state index < -0.39 is 5.09 Å². The second-order valence-corrected chi connectivity index (χ2v) is 2.42. The fraction of sp³-hybridized carbons (Fsp3) is 1.00. The molecule has 4 nitrogen and oxygen atoms in total. The minimum absolute atomic E-state index is 0.125. The SMILES string of the molecule is CC1CCC1O[N+](=O)[O-]. The van der Waals surface area contributed by atoms with Crippen molar-refractivity contribution in [2.75, 3.05) is 0 Å². The molecule has 0 aromatic rings. The molecule has 52 valence electrons. The van der Waals surface area contributed by atoms with E-state index in [1.54, 1.807) is 0 Å². The number of hydrogen-bond acceptors (Lipinski definition) is 3. The van der Waals surface area contributed by atoms with Crippen molar-refractivity contribution in [3.63, 3.8) is 0 Å². The second kappa shape index (κ2) is 2.21. The first-order chi connectivity index (χ1) is 4.20. The highest BCUT2D eigenvalue weighted by atomic mass is 17.0. The Morgan fingerprint density at radius 1 is 1.67 bits per heavy atom. The zero-order valence-corrected chi connectivity index (χ0v) is 5.24. The molecule has 9 heavy (non-hydrogen) atoms. The molecule has 1 aliphatic rings. The number of hydrogen-bond donors (Lipinski definition) is 0. The Labute approximate surface area is 52.9 Å². The molecule has 4 heteroatoms. The summed E-state index contributed by atoms with van der Waals surface area (Å²) in [6.07, 6.45) is 1.76. The van der Waals surface area contributed by atoms with E-state index in [0.717, 1.165) is 12.8 Å². The van der Waals surface area contributed by atoms with Crippen LogP contribution in [0.2, 0.25) is 0 Å². The average molecular weight is 131 g/mol. The van der Waals surface area contributed by atoms with Crippen LogP contribution in [-0.2, 0) is 4.84 Å². The zero-order valence-electron chi connectivity index (χ0n) is 5.24. The minimum atomic E-state index is -0.708. The average Bonchev–Trinajstić information content (AvgIpc) is 1.79. The molecule has 0 heterocycles. The van der Waals surface area contributed by atoms with Crippen molar-refractivity contribution in [1.29, 1.82) is 0 Å². The Morgan fingerprint density at radius 2 is 2.33 bits per heavy atom. The van der Waals surface area contributed by atoms with Crippen LogP contribution in [0, 0.1) is 16.0 Å². The van der Waals surface area contributed by atoms with Crippen LogP contribution in [0.1, 0.15) is 19.8 Å². The van der Waals surface area contributed by atoms with E-state index >= 15 is 0 Å². The Morgan fingerprint density at radius 3 is 2.44 bits per heavy atom. The van der Waals surface area contributed by atoms with Crippen molar-refractivity contribution in [2.24, 2.45) is 5.92 Å². The van der Waals surface area contributed by atoms with Gasteiger partial charge in [0.15, 0.2) is 0 Å². The minimum Gasteiger partial charge on any atom is -0.310 e. The third kappa shape index (κ3) is 1.31. The van der Waals surface area contributed by atoms with Crippen LogP contribution in [0.4, 0.5) is 0 Å². The van der Waals surface area contributed by atoms with Gasteiger partial charge in [0.25, 0.3) is 5.09 Å². The van der Waals surface area contributed by atoms with E-state index in [-0.39, 0.29) is 6.10 Å². The largest absolute Gasteiger partial charge is 0.310 e. The van der Waals surface area contributed by atoms with Crippen LogP contribution in [0.25, 0.3) is 0 Å². The Balaban J connectivity index is 2.21. The van der Waals surface area contributed by atoms with Crippen molar-refractivity contribution in [1.82, 2.24) is 0 Å². The lowest BCUT2D eigenvalue weighted by molar-refractivity contribution is -0.773. The lowest BCUT2D eigenvalue weighted by Gasteiger charge is -2.30. The van der Waals surface area contributed by atoms with Crippen molar-refractivity contribution in [3.05, 3.63) is 10.1 Å². The lowest BCUT2D eigenvalue weighted by Crippen LogP contribution is -2.33. The molecular weight excluding hydrogens is 122 g/mol. The Hall–Kier alpha value is -0.800. The summed E-state index contributed by atoms with van der Waals surface area (Å²) in [4.78, 5) is 14.1. The van der Waals surface area contributed by atoms with E-state index in [0.29, 0.717) is 5.92 Å². The van der Waals surface area contributed by atoms with Gasteiger partial charge in [-0.2, -0.15) is 0 Å². The van der Waals surface area contributed by atoms with Crippen LogP contribution >= 0.6 is 0 Å². The van der Waals surface area contributed by atoms with Crippen LogP contribution in [-0.4, -0.2) is 11.2 Å². The topological polar surface area (TPSA) is 52.4 Å². The first-order valence-electron chi connectivity index (χ1n) is 3.01. The molecule has 0 aromatic carbocycles. The van der Waals surface area contributed by atoms with Gasteiger partial charge >= 0.3 is 0 Å². The Bertz CT molecular complexity index is 125. The third-order valence-electron chi connectivity index (χ3n) is 1.76. The monoisotopic (exact) mass is 131 g/mol. The van der Waals surface area contributed by atoms with Gasteiger partial charge in [0, 0.05) is 0 Å². The van der Waals surface area contributed by atoms with Crippen LogP contribution in [0.3, 0.4) is 0 Å². The van der Waals surface area contributed by atoms with E-state index in [1.807, 2.05) is 6.92 Å². The fourth-order valence-corrected chi connectivity index (χ4v) is 0.903. The van der Waals surface area contributed by atoms with Gasteiger partial charge in [-0.1, -0.05) is 6.92 Å². The highest BCUT2D eigenvalue weighted by molar-refractivity contribution is 4.76. The molecule has 0 aliphatic heterocycles. The van der Waals surface area contributed by atoms with Gasteiger partial charge in [0.05, 0.1) is 0 Å². The molecule has 0 aromatic heterocycles. The molecule has 1 fully saturated rings. The molecule has 2 unspecified atom stereocenters. The molecule has 2 atom stereocenters. The van der Waals surface area contributed by atoms with Gasteiger partial charge in [-0.15, -0.1) is 10.1 Å². The highest BCUT2D eigenvalue weighted by Crippen LogP contribution is 2.29. The molecule has 0 radical (unpaired) electrons. The quantitative estimate of drug-likeness (QED) is 0.415. The van der Waals surface area contributed by atoms with E-state index in [4.69, 9.17) is 0 Å². The summed E-state index contributed by atoms with van der Waals surface area (Å²) in [5, 5.41) is 9.02.